The number of hydrogen-bond donors (Lipinski definition) is 1. The van der Waals surface area contributed by atoms with Gasteiger partial charge in [-0.05, 0) is 30.2 Å². The van der Waals surface area contributed by atoms with Gasteiger partial charge in [-0.25, -0.2) is 8.42 Å². The Kier molecular flexibility index (Phi) is 8.12. The third-order valence-corrected chi connectivity index (χ3v) is 8.51. The lowest BCUT2D eigenvalue weighted by atomic mass is 10.1. The molecule has 2 aromatic rings. The van der Waals surface area contributed by atoms with Crippen LogP contribution in [-0.2, 0) is 27.8 Å². The van der Waals surface area contributed by atoms with E-state index in [0.717, 1.165) is 10.4 Å². The zero-order chi connectivity index (χ0) is 20.0. The van der Waals surface area contributed by atoms with Crippen molar-refractivity contribution in [2.45, 2.75) is 37.4 Å². The second-order valence-corrected chi connectivity index (χ2v) is 9.92. The van der Waals surface area contributed by atoms with Crippen LogP contribution >= 0.6 is 34.5 Å². The molecule has 0 saturated heterocycles. The van der Waals surface area contributed by atoms with E-state index >= 15 is 0 Å². The van der Waals surface area contributed by atoms with Crippen molar-refractivity contribution in [1.29, 1.82) is 0 Å². The van der Waals surface area contributed by atoms with Crippen molar-refractivity contribution in [2.75, 3.05) is 13.1 Å². The van der Waals surface area contributed by atoms with Crippen molar-refractivity contribution >= 4 is 50.5 Å². The van der Waals surface area contributed by atoms with Crippen LogP contribution in [0.4, 0.5) is 0 Å². The SMILES string of the molecule is CCN(CC)S(=O)(=O)c1ccc(CNC(=O)CCc2cccc(Cl)c2Cl)s1. The van der Waals surface area contributed by atoms with E-state index in [0.29, 0.717) is 40.3 Å². The summed E-state index contributed by atoms with van der Waals surface area (Å²) in [5.41, 5.74) is 0.822. The number of halogens is 2. The molecule has 0 aliphatic heterocycles. The van der Waals surface area contributed by atoms with Gasteiger partial charge >= 0.3 is 0 Å². The van der Waals surface area contributed by atoms with Crippen molar-refractivity contribution < 1.29 is 13.2 Å². The molecular formula is C18H22Cl2N2O3S2. The Morgan fingerprint density at radius 3 is 2.52 bits per heavy atom. The third-order valence-electron chi connectivity index (χ3n) is 4.05. The average Bonchev–Trinajstić information content (AvgIpc) is 3.12. The van der Waals surface area contributed by atoms with Gasteiger partial charge in [0, 0.05) is 24.4 Å². The number of thiophene rings is 1. The number of nitrogens with one attached hydrogen (secondary N) is 1. The molecule has 0 radical (unpaired) electrons. The van der Waals surface area contributed by atoms with E-state index in [2.05, 4.69) is 5.32 Å². The minimum Gasteiger partial charge on any atom is -0.351 e. The zero-order valence-electron chi connectivity index (χ0n) is 15.2. The molecular weight excluding hydrogens is 427 g/mol. The Labute approximate surface area is 174 Å². The molecule has 5 nitrogen and oxygen atoms in total. The summed E-state index contributed by atoms with van der Waals surface area (Å²) in [6.45, 7) is 4.76. The highest BCUT2D eigenvalue weighted by molar-refractivity contribution is 7.91. The van der Waals surface area contributed by atoms with Gasteiger partial charge in [-0.1, -0.05) is 49.2 Å². The molecule has 0 aliphatic rings. The third kappa shape index (κ3) is 5.68. The normalized spacial score (nSPS) is 11.7. The molecule has 0 unspecified atom stereocenters. The van der Waals surface area contributed by atoms with E-state index in [1.165, 1.54) is 15.6 Å². The van der Waals surface area contributed by atoms with Crippen molar-refractivity contribution in [2.24, 2.45) is 0 Å². The number of aryl methyl sites for hydroxylation is 1. The number of sulfonamides is 1. The molecule has 9 heteroatoms. The molecule has 2 rings (SSSR count). The maximum atomic E-state index is 12.5. The fourth-order valence-electron chi connectivity index (χ4n) is 2.55. The Hall–Kier alpha value is -1.12. The maximum absolute atomic E-state index is 12.5. The van der Waals surface area contributed by atoms with Gasteiger partial charge in [0.05, 0.1) is 16.6 Å². The minimum absolute atomic E-state index is 0.132. The molecule has 1 aromatic carbocycles. The molecule has 0 spiro atoms. The maximum Gasteiger partial charge on any atom is 0.252 e. The monoisotopic (exact) mass is 448 g/mol. The van der Waals surface area contributed by atoms with Gasteiger partial charge in [-0.3, -0.25) is 4.79 Å². The summed E-state index contributed by atoms with van der Waals surface area (Å²) in [7, 11) is -3.46. The van der Waals surface area contributed by atoms with Crippen LogP contribution in [0.2, 0.25) is 10.0 Å². The topological polar surface area (TPSA) is 66.5 Å². The van der Waals surface area contributed by atoms with Crippen LogP contribution in [0.5, 0.6) is 0 Å². The molecule has 0 saturated carbocycles. The van der Waals surface area contributed by atoms with Crippen LogP contribution in [0.1, 0.15) is 30.7 Å². The average molecular weight is 449 g/mol. The predicted octanol–water partition coefficient (Wildman–Crippen LogP) is 4.33. The largest absolute Gasteiger partial charge is 0.351 e. The van der Waals surface area contributed by atoms with Crippen molar-refractivity contribution in [3.05, 3.63) is 50.8 Å². The van der Waals surface area contributed by atoms with E-state index < -0.39 is 10.0 Å². The molecule has 0 atom stereocenters. The van der Waals surface area contributed by atoms with Crippen LogP contribution < -0.4 is 5.32 Å². The summed E-state index contributed by atoms with van der Waals surface area (Å²) in [5, 5.41) is 3.75. The Balaban J connectivity index is 1.91. The molecule has 0 aliphatic carbocycles. The fourth-order valence-corrected chi connectivity index (χ4v) is 5.87. The Bertz CT molecular complexity index is 894. The number of nitrogens with zero attached hydrogens (tertiary/aromatic N) is 1. The summed E-state index contributed by atoms with van der Waals surface area (Å²) < 4.78 is 26.7. The lowest BCUT2D eigenvalue weighted by molar-refractivity contribution is -0.121. The van der Waals surface area contributed by atoms with Crippen molar-refractivity contribution in [1.82, 2.24) is 9.62 Å². The van der Waals surface area contributed by atoms with Crippen LogP contribution in [0.3, 0.4) is 0 Å². The first kappa shape index (κ1) is 22.2. The van der Waals surface area contributed by atoms with Crippen molar-refractivity contribution in [3.63, 3.8) is 0 Å². The van der Waals surface area contributed by atoms with E-state index in [4.69, 9.17) is 23.2 Å². The highest BCUT2D eigenvalue weighted by Gasteiger charge is 2.23. The number of carbonyl (C=O) groups excluding carboxylic acids is 1. The second kappa shape index (κ2) is 9.89. The number of carbonyl (C=O) groups is 1. The Morgan fingerprint density at radius 2 is 1.85 bits per heavy atom. The van der Waals surface area contributed by atoms with Crippen LogP contribution in [0.15, 0.2) is 34.5 Å². The summed E-state index contributed by atoms with van der Waals surface area (Å²) in [5.74, 6) is -0.132. The molecule has 0 bridgehead atoms. The van der Waals surface area contributed by atoms with Gasteiger partial charge in [-0.15, -0.1) is 11.3 Å². The molecule has 27 heavy (non-hydrogen) atoms. The van der Waals surface area contributed by atoms with Gasteiger partial charge in [0.2, 0.25) is 5.91 Å². The lowest BCUT2D eigenvalue weighted by Gasteiger charge is -2.16. The van der Waals surface area contributed by atoms with E-state index in [9.17, 15) is 13.2 Å². The van der Waals surface area contributed by atoms with E-state index in [1.54, 1.807) is 24.3 Å². The molecule has 148 valence electrons. The molecule has 1 amide bonds. The number of hydrogen-bond acceptors (Lipinski definition) is 4. The fraction of sp³-hybridized carbons (Fsp3) is 0.389. The van der Waals surface area contributed by atoms with E-state index in [1.807, 2.05) is 19.9 Å². The van der Waals surface area contributed by atoms with Gasteiger partial charge < -0.3 is 5.32 Å². The zero-order valence-corrected chi connectivity index (χ0v) is 18.3. The molecule has 0 fully saturated rings. The molecule has 1 heterocycles. The quantitative estimate of drug-likeness (QED) is 0.620. The first-order chi connectivity index (χ1) is 12.8. The smallest absolute Gasteiger partial charge is 0.252 e. The van der Waals surface area contributed by atoms with Gasteiger partial charge in [0.15, 0.2) is 0 Å². The first-order valence-corrected chi connectivity index (χ1v) is 11.6. The van der Waals surface area contributed by atoms with Crippen LogP contribution in [0.25, 0.3) is 0 Å². The first-order valence-electron chi connectivity index (χ1n) is 8.58. The highest BCUT2D eigenvalue weighted by atomic mass is 35.5. The number of rotatable bonds is 9. The summed E-state index contributed by atoms with van der Waals surface area (Å²) in [6, 6.07) is 8.66. The van der Waals surface area contributed by atoms with Gasteiger partial charge in [0.25, 0.3) is 10.0 Å². The minimum atomic E-state index is -3.46. The summed E-state index contributed by atoms with van der Waals surface area (Å²) >= 11 is 13.3. The lowest BCUT2D eigenvalue weighted by Crippen LogP contribution is -2.30. The highest BCUT2D eigenvalue weighted by Crippen LogP contribution is 2.27. The Morgan fingerprint density at radius 1 is 1.15 bits per heavy atom. The molecule has 1 aromatic heterocycles. The molecule has 1 N–H and O–H groups in total. The van der Waals surface area contributed by atoms with Gasteiger partial charge in [0.1, 0.15) is 4.21 Å². The van der Waals surface area contributed by atoms with Gasteiger partial charge in [-0.2, -0.15) is 4.31 Å². The number of amides is 1. The predicted molar refractivity (Wildman–Crippen MR) is 111 cm³/mol. The van der Waals surface area contributed by atoms with Crippen LogP contribution in [0, 0.1) is 0 Å². The van der Waals surface area contributed by atoms with E-state index in [-0.39, 0.29) is 12.3 Å². The second-order valence-electron chi connectivity index (χ2n) is 5.80. The summed E-state index contributed by atoms with van der Waals surface area (Å²) in [6.07, 6.45) is 0.757. The summed E-state index contributed by atoms with van der Waals surface area (Å²) in [4.78, 5) is 12.9. The van der Waals surface area contributed by atoms with Crippen molar-refractivity contribution in [3.8, 4) is 0 Å². The standard InChI is InChI=1S/C18H22Cl2N2O3S2/c1-3-22(4-2)27(24,25)17-11-9-14(26-17)12-21-16(23)10-8-13-6-5-7-15(19)18(13)20/h5-7,9,11H,3-4,8,10,12H2,1-2H3,(H,21,23). The van der Waals surface area contributed by atoms with Crippen LogP contribution in [-0.4, -0.2) is 31.7 Å². The number of benzene rings is 1.